The van der Waals surface area contributed by atoms with Crippen LogP contribution in [0, 0.1) is 6.92 Å². The predicted molar refractivity (Wildman–Crippen MR) is 91.5 cm³/mol. The lowest BCUT2D eigenvalue weighted by Crippen LogP contribution is -2.17. The number of rotatable bonds is 3. The molecule has 0 saturated heterocycles. The summed E-state index contributed by atoms with van der Waals surface area (Å²) in [6, 6.07) is 15.3. The molecule has 1 unspecified atom stereocenters. The Hall–Kier alpha value is -1.71. The quantitative estimate of drug-likeness (QED) is 0.752. The van der Waals surface area contributed by atoms with Gasteiger partial charge in [0, 0.05) is 16.9 Å². The van der Waals surface area contributed by atoms with Gasteiger partial charge in [0.05, 0.1) is 6.04 Å². The topological polar surface area (TPSA) is 24.9 Å². The molecular weight excluding hydrogens is 324 g/mol. The zero-order chi connectivity index (χ0) is 14.8. The maximum absolute atomic E-state index is 4.31. The first-order chi connectivity index (χ1) is 10.2. The first-order valence-corrected chi connectivity index (χ1v) is 7.75. The van der Waals surface area contributed by atoms with Crippen LogP contribution in [0.4, 0.5) is 0 Å². The Labute approximate surface area is 133 Å². The van der Waals surface area contributed by atoms with Gasteiger partial charge in [0.2, 0.25) is 0 Å². The zero-order valence-electron chi connectivity index (χ0n) is 12.1. The van der Waals surface area contributed by atoms with Gasteiger partial charge in [-0.25, -0.2) is 0 Å². The minimum atomic E-state index is 0.158. The highest BCUT2D eigenvalue weighted by atomic mass is 79.9. The van der Waals surface area contributed by atoms with Crippen LogP contribution in [-0.4, -0.2) is 12.0 Å². The summed E-state index contributed by atoms with van der Waals surface area (Å²) < 4.78 is 1.11. The third kappa shape index (κ3) is 2.99. The molecule has 0 amide bonds. The van der Waals surface area contributed by atoms with Crippen molar-refractivity contribution in [1.29, 1.82) is 0 Å². The lowest BCUT2D eigenvalue weighted by Gasteiger charge is -2.18. The highest BCUT2D eigenvalue weighted by Gasteiger charge is 2.13. The van der Waals surface area contributed by atoms with Crippen molar-refractivity contribution in [2.24, 2.45) is 0 Å². The number of hydrogen-bond acceptors (Lipinski definition) is 2. The molecule has 2 aromatic carbocycles. The molecule has 3 rings (SSSR count). The van der Waals surface area contributed by atoms with Gasteiger partial charge in [-0.2, -0.15) is 0 Å². The molecule has 3 heteroatoms. The highest BCUT2D eigenvalue weighted by Crippen LogP contribution is 2.27. The predicted octanol–water partition coefficient (Wildman–Crippen LogP) is 4.61. The molecule has 0 aliphatic heterocycles. The van der Waals surface area contributed by atoms with Gasteiger partial charge in [-0.15, -0.1) is 0 Å². The van der Waals surface area contributed by atoms with Crippen LogP contribution in [0.1, 0.15) is 22.7 Å². The lowest BCUT2D eigenvalue weighted by atomic mass is 9.97. The third-order valence-electron chi connectivity index (χ3n) is 3.68. The SMILES string of the molecule is CNC(c1cncc(C)c1)c1ccc2cc(Br)ccc2c1. The Morgan fingerprint density at radius 3 is 2.48 bits per heavy atom. The Morgan fingerprint density at radius 1 is 0.952 bits per heavy atom. The summed E-state index contributed by atoms with van der Waals surface area (Å²) in [6.45, 7) is 2.07. The summed E-state index contributed by atoms with van der Waals surface area (Å²) in [5.74, 6) is 0. The second kappa shape index (κ2) is 5.96. The number of halogens is 1. The first kappa shape index (κ1) is 14.2. The van der Waals surface area contributed by atoms with E-state index in [1.807, 2.05) is 19.4 Å². The maximum atomic E-state index is 4.31. The molecule has 0 aliphatic carbocycles. The second-order valence-corrected chi connectivity index (χ2v) is 6.18. The molecule has 0 radical (unpaired) electrons. The van der Waals surface area contributed by atoms with E-state index in [0.717, 1.165) is 4.47 Å². The van der Waals surface area contributed by atoms with Crippen LogP contribution in [0.2, 0.25) is 0 Å². The van der Waals surface area contributed by atoms with Gasteiger partial charge in [0.1, 0.15) is 0 Å². The molecule has 21 heavy (non-hydrogen) atoms. The molecule has 0 saturated carbocycles. The number of pyridine rings is 1. The van der Waals surface area contributed by atoms with Crippen molar-refractivity contribution in [3.63, 3.8) is 0 Å². The Kier molecular flexibility index (Phi) is 4.04. The average Bonchev–Trinajstić information content (AvgIpc) is 2.48. The van der Waals surface area contributed by atoms with Crippen LogP contribution in [0.15, 0.2) is 59.3 Å². The van der Waals surface area contributed by atoms with E-state index >= 15 is 0 Å². The standard InChI is InChI=1S/C18H17BrN2/c1-12-7-16(11-21-10-12)18(20-2)15-4-3-14-9-17(19)6-5-13(14)8-15/h3-11,18,20H,1-2H3. The van der Waals surface area contributed by atoms with Crippen molar-refractivity contribution in [1.82, 2.24) is 10.3 Å². The van der Waals surface area contributed by atoms with E-state index < -0.39 is 0 Å². The molecule has 1 aromatic heterocycles. The second-order valence-electron chi connectivity index (χ2n) is 5.27. The van der Waals surface area contributed by atoms with Crippen molar-refractivity contribution in [3.05, 3.63) is 76.0 Å². The number of nitrogens with one attached hydrogen (secondary N) is 1. The number of nitrogens with zero attached hydrogens (tertiary/aromatic N) is 1. The van der Waals surface area contributed by atoms with Gasteiger partial charge >= 0.3 is 0 Å². The third-order valence-corrected chi connectivity index (χ3v) is 4.17. The van der Waals surface area contributed by atoms with Crippen LogP contribution in [0.3, 0.4) is 0 Å². The van der Waals surface area contributed by atoms with E-state index in [4.69, 9.17) is 0 Å². The van der Waals surface area contributed by atoms with E-state index in [1.165, 1.54) is 27.5 Å². The number of aromatic nitrogens is 1. The summed E-state index contributed by atoms with van der Waals surface area (Å²) in [6.07, 6.45) is 3.81. The molecule has 1 atom stereocenters. The molecule has 2 nitrogen and oxygen atoms in total. The Morgan fingerprint density at radius 2 is 1.71 bits per heavy atom. The van der Waals surface area contributed by atoms with Crippen LogP contribution in [-0.2, 0) is 0 Å². The van der Waals surface area contributed by atoms with Crippen LogP contribution in [0.5, 0.6) is 0 Å². The summed E-state index contributed by atoms with van der Waals surface area (Å²) in [4.78, 5) is 4.31. The number of aryl methyl sites for hydroxylation is 1. The Bertz CT molecular complexity index is 783. The first-order valence-electron chi connectivity index (χ1n) is 6.95. The maximum Gasteiger partial charge on any atom is 0.0589 e. The van der Waals surface area contributed by atoms with Crippen LogP contribution >= 0.6 is 15.9 Å². The smallest absolute Gasteiger partial charge is 0.0589 e. The molecule has 1 N–H and O–H groups in total. The molecule has 106 valence electrons. The number of benzene rings is 2. The molecule has 0 spiro atoms. The fraction of sp³-hybridized carbons (Fsp3) is 0.167. The molecular formula is C18H17BrN2. The largest absolute Gasteiger partial charge is 0.309 e. The van der Waals surface area contributed by atoms with Crippen molar-refractivity contribution >= 4 is 26.7 Å². The van der Waals surface area contributed by atoms with Gasteiger partial charge in [0.25, 0.3) is 0 Å². The van der Waals surface area contributed by atoms with Crippen molar-refractivity contribution in [3.8, 4) is 0 Å². The van der Waals surface area contributed by atoms with Crippen molar-refractivity contribution in [2.45, 2.75) is 13.0 Å². The fourth-order valence-corrected chi connectivity index (χ4v) is 3.06. The van der Waals surface area contributed by atoms with Gasteiger partial charge in [-0.3, -0.25) is 4.98 Å². The van der Waals surface area contributed by atoms with E-state index in [2.05, 4.69) is 75.6 Å². The van der Waals surface area contributed by atoms with Gasteiger partial charge in [-0.05, 0) is 59.6 Å². The monoisotopic (exact) mass is 340 g/mol. The average molecular weight is 341 g/mol. The number of fused-ring (bicyclic) bond motifs is 1. The molecule has 0 fully saturated rings. The molecule has 0 aliphatic rings. The van der Waals surface area contributed by atoms with E-state index in [9.17, 15) is 0 Å². The number of hydrogen-bond donors (Lipinski definition) is 1. The van der Waals surface area contributed by atoms with Crippen molar-refractivity contribution in [2.75, 3.05) is 7.05 Å². The van der Waals surface area contributed by atoms with Gasteiger partial charge < -0.3 is 5.32 Å². The van der Waals surface area contributed by atoms with Crippen LogP contribution < -0.4 is 5.32 Å². The summed E-state index contributed by atoms with van der Waals surface area (Å²) in [7, 11) is 1.98. The van der Waals surface area contributed by atoms with E-state index in [1.54, 1.807) is 0 Å². The summed E-state index contributed by atoms with van der Waals surface area (Å²) >= 11 is 3.52. The molecule has 1 heterocycles. The summed E-state index contributed by atoms with van der Waals surface area (Å²) in [5, 5.41) is 5.88. The minimum absolute atomic E-state index is 0.158. The zero-order valence-corrected chi connectivity index (χ0v) is 13.7. The molecule has 3 aromatic rings. The van der Waals surface area contributed by atoms with Gasteiger partial charge in [0.15, 0.2) is 0 Å². The summed E-state index contributed by atoms with van der Waals surface area (Å²) in [5.41, 5.74) is 3.62. The van der Waals surface area contributed by atoms with E-state index in [0.29, 0.717) is 0 Å². The Balaban J connectivity index is 2.06. The molecule has 0 bridgehead atoms. The van der Waals surface area contributed by atoms with E-state index in [-0.39, 0.29) is 6.04 Å². The van der Waals surface area contributed by atoms with Crippen molar-refractivity contribution < 1.29 is 0 Å². The highest BCUT2D eigenvalue weighted by molar-refractivity contribution is 9.10. The lowest BCUT2D eigenvalue weighted by molar-refractivity contribution is 0.689. The normalized spacial score (nSPS) is 12.5. The van der Waals surface area contributed by atoms with Crippen LogP contribution in [0.25, 0.3) is 10.8 Å². The fourth-order valence-electron chi connectivity index (χ4n) is 2.68. The van der Waals surface area contributed by atoms with Gasteiger partial charge in [-0.1, -0.05) is 40.2 Å². The minimum Gasteiger partial charge on any atom is -0.309 e.